The van der Waals surface area contributed by atoms with Gasteiger partial charge in [-0.3, -0.25) is 0 Å². The highest BCUT2D eigenvalue weighted by molar-refractivity contribution is 4.52. The van der Waals surface area contributed by atoms with Crippen molar-refractivity contribution in [2.45, 2.75) is 18.8 Å². The summed E-state index contributed by atoms with van der Waals surface area (Å²) in [6.07, 6.45) is -0.854. The third-order valence-corrected chi connectivity index (χ3v) is 2.21. The van der Waals surface area contributed by atoms with Gasteiger partial charge >= 0.3 is 0 Å². The highest BCUT2D eigenvalue weighted by Crippen LogP contribution is 2.03. The topological polar surface area (TPSA) is 118 Å². The molecule has 0 aromatic rings. The molecule has 0 saturated carbocycles. The summed E-state index contributed by atoms with van der Waals surface area (Å²) in [6, 6.07) is 0. The van der Waals surface area contributed by atoms with Gasteiger partial charge in [0.25, 0.3) is 0 Å². The Bertz CT molecular complexity index is 181. The molecule has 0 radical (unpaired) electrons. The molecule has 2 unspecified atom stereocenters. The zero-order valence-corrected chi connectivity index (χ0v) is 12.2. The van der Waals surface area contributed by atoms with Gasteiger partial charge in [0, 0.05) is 20.6 Å². The van der Waals surface area contributed by atoms with Crippen molar-refractivity contribution in [2.75, 3.05) is 60.5 Å². The minimum Gasteiger partial charge on any atom is -0.412 e. The molecule has 8 nitrogen and oxygen atoms in total. The van der Waals surface area contributed by atoms with E-state index in [1.165, 1.54) is 0 Å². The van der Waals surface area contributed by atoms with Gasteiger partial charge < -0.3 is 39.4 Å². The van der Waals surface area contributed by atoms with Crippen molar-refractivity contribution >= 4 is 0 Å². The van der Waals surface area contributed by atoms with Gasteiger partial charge in [-0.25, -0.2) is 0 Å². The second-order valence-corrected chi connectivity index (χ2v) is 3.86. The van der Waals surface area contributed by atoms with Gasteiger partial charge in [0.2, 0.25) is 0 Å². The molecular weight excluding hydrogens is 272 g/mol. The van der Waals surface area contributed by atoms with Crippen LogP contribution in [0.15, 0.2) is 0 Å². The lowest BCUT2D eigenvalue weighted by Gasteiger charge is -2.19. The molecular formula is C12H28O8. The van der Waals surface area contributed by atoms with Gasteiger partial charge in [-0.05, 0) is 0 Å². The quantitative estimate of drug-likeness (QED) is 0.298. The van der Waals surface area contributed by atoms with Gasteiger partial charge in [-0.2, -0.15) is 0 Å². The first-order valence-electron chi connectivity index (χ1n) is 6.32. The summed E-state index contributed by atoms with van der Waals surface area (Å²) in [4.78, 5) is 0. The minimum atomic E-state index is -0.900. The zero-order chi connectivity index (χ0) is 14.3. The standard InChI is InChI=1S/C12H26O7.H2O/c1-15-5-7-17-4-3-12(18-8-6-16-2)19-10-11(14)9-13;/h11-14H,3-10H2,1-2H3;1H2. The van der Waals surface area contributed by atoms with Crippen LogP contribution in [0.1, 0.15) is 6.42 Å². The number of aliphatic hydroxyl groups is 2. The highest BCUT2D eigenvalue weighted by Gasteiger charge is 2.12. The largest absolute Gasteiger partial charge is 0.412 e. The SMILES string of the molecule is COCCOCCC(OCCOC)OCC(O)CO.O. The number of rotatable bonds is 14. The average molecular weight is 300 g/mol. The van der Waals surface area contributed by atoms with E-state index in [0.29, 0.717) is 39.5 Å². The summed E-state index contributed by atoms with van der Waals surface area (Å²) in [7, 11) is 3.20. The fraction of sp³-hybridized carbons (Fsp3) is 1.00. The van der Waals surface area contributed by atoms with Crippen LogP contribution in [-0.2, 0) is 23.7 Å². The lowest BCUT2D eigenvalue weighted by molar-refractivity contribution is -0.174. The number of hydrogen-bond donors (Lipinski definition) is 2. The van der Waals surface area contributed by atoms with Crippen molar-refractivity contribution in [1.29, 1.82) is 0 Å². The lowest BCUT2D eigenvalue weighted by Crippen LogP contribution is -2.28. The van der Waals surface area contributed by atoms with Crippen LogP contribution in [0.3, 0.4) is 0 Å². The van der Waals surface area contributed by atoms with E-state index in [4.69, 9.17) is 28.8 Å². The van der Waals surface area contributed by atoms with Gasteiger partial charge in [-0.15, -0.1) is 0 Å². The first-order chi connectivity index (χ1) is 9.24. The molecule has 4 N–H and O–H groups in total. The van der Waals surface area contributed by atoms with Gasteiger partial charge in [0.1, 0.15) is 6.10 Å². The molecule has 0 heterocycles. The molecule has 0 aliphatic rings. The van der Waals surface area contributed by atoms with Crippen LogP contribution in [-0.4, -0.2) is 88.6 Å². The molecule has 0 fully saturated rings. The van der Waals surface area contributed by atoms with Crippen molar-refractivity contribution in [1.82, 2.24) is 0 Å². The van der Waals surface area contributed by atoms with Crippen LogP contribution in [0.25, 0.3) is 0 Å². The third kappa shape index (κ3) is 14.1. The molecule has 0 aliphatic heterocycles. The monoisotopic (exact) mass is 300 g/mol. The van der Waals surface area contributed by atoms with Crippen LogP contribution in [0, 0.1) is 0 Å². The Morgan fingerprint density at radius 3 is 2.15 bits per heavy atom. The number of aliphatic hydroxyl groups excluding tert-OH is 2. The summed E-state index contributed by atoms with van der Waals surface area (Å²) >= 11 is 0. The second kappa shape index (κ2) is 16.7. The first-order valence-corrected chi connectivity index (χ1v) is 6.32. The maximum Gasteiger partial charge on any atom is 0.160 e. The Morgan fingerprint density at radius 2 is 1.55 bits per heavy atom. The maximum absolute atomic E-state index is 9.22. The zero-order valence-electron chi connectivity index (χ0n) is 12.2. The van der Waals surface area contributed by atoms with E-state index in [1.807, 2.05) is 0 Å². The second-order valence-electron chi connectivity index (χ2n) is 3.86. The fourth-order valence-electron chi connectivity index (χ4n) is 1.17. The van der Waals surface area contributed by atoms with E-state index in [-0.39, 0.29) is 18.7 Å². The predicted octanol–water partition coefficient (Wildman–Crippen LogP) is -1.43. The van der Waals surface area contributed by atoms with Crippen LogP contribution in [0.4, 0.5) is 0 Å². The Kier molecular flexibility index (Phi) is 18.4. The maximum atomic E-state index is 9.22. The summed E-state index contributed by atoms with van der Waals surface area (Å²) in [6.45, 7) is 2.07. The van der Waals surface area contributed by atoms with Crippen molar-refractivity contribution in [3.63, 3.8) is 0 Å². The van der Waals surface area contributed by atoms with Crippen LogP contribution in [0.5, 0.6) is 0 Å². The molecule has 0 spiro atoms. The molecule has 0 amide bonds. The molecule has 2 atom stereocenters. The van der Waals surface area contributed by atoms with Gasteiger partial charge in [-0.1, -0.05) is 0 Å². The molecule has 8 heteroatoms. The molecule has 0 aromatic carbocycles. The van der Waals surface area contributed by atoms with Crippen LogP contribution < -0.4 is 0 Å². The van der Waals surface area contributed by atoms with Crippen LogP contribution in [0.2, 0.25) is 0 Å². The Balaban J connectivity index is 0. The van der Waals surface area contributed by atoms with E-state index in [1.54, 1.807) is 14.2 Å². The highest BCUT2D eigenvalue weighted by atomic mass is 16.7. The molecule has 0 bridgehead atoms. The van der Waals surface area contributed by atoms with E-state index in [9.17, 15) is 5.11 Å². The molecule has 20 heavy (non-hydrogen) atoms. The summed E-state index contributed by atoms with van der Waals surface area (Å²) in [5.74, 6) is 0. The Morgan fingerprint density at radius 1 is 0.900 bits per heavy atom. The van der Waals surface area contributed by atoms with Crippen LogP contribution >= 0.6 is 0 Å². The smallest absolute Gasteiger partial charge is 0.160 e. The minimum absolute atomic E-state index is 0. The van der Waals surface area contributed by atoms with Crippen molar-refractivity contribution < 1.29 is 39.4 Å². The average Bonchev–Trinajstić information content (AvgIpc) is 2.43. The van der Waals surface area contributed by atoms with E-state index in [2.05, 4.69) is 0 Å². The number of hydrogen-bond acceptors (Lipinski definition) is 7. The molecule has 0 saturated heterocycles. The summed E-state index contributed by atoms with van der Waals surface area (Å²) < 4.78 is 25.8. The van der Waals surface area contributed by atoms with Gasteiger partial charge in [0.05, 0.1) is 46.2 Å². The molecule has 0 aromatic heterocycles. The molecule has 0 rings (SSSR count). The summed E-state index contributed by atoms with van der Waals surface area (Å²) in [5, 5.41) is 17.9. The summed E-state index contributed by atoms with van der Waals surface area (Å²) in [5.41, 5.74) is 0. The van der Waals surface area contributed by atoms with E-state index >= 15 is 0 Å². The van der Waals surface area contributed by atoms with Crippen molar-refractivity contribution in [3.8, 4) is 0 Å². The van der Waals surface area contributed by atoms with Gasteiger partial charge in [0.15, 0.2) is 6.29 Å². The first kappa shape index (κ1) is 22.0. The normalized spacial score (nSPS) is 13.8. The van der Waals surface area contributed by atoms with E-state index in [0.717, 1.165) is 0 Å². The van der Waals surface area contributed by atoms with Crippen molar-refractivity contribution in [2.24, 2.45) is 0 Å². The molecule has 124 valence electrons. The Labute approximate surface area is 119 Å². The third-order valence-electron chi connectivity index (χ3n) is 2.21. The molecule has 0 aliphatic carbocycles. The number of methoxy groups -OCH3 is 2. The van der Waals surface area contributed by atoms with E-state index < -0.39 is 12.4 Å². The van der Waals surface area contributed by atoms with Crippen molar-refractivity contribution in [3.05, 3.63) is 0 Å². The predicted molar refractivity (Wildman–Crippen MR) is 71.6 cm³/mol. The number of ether oxygens (including phenoxy) is 5. The lowest BCUT2D eigenvalue weighted by atomic mass is 10.4. The fourth-order valence-corrected chi connectivity index (χ4v) is 1.17. The Hall–Kier alpha value is -0.320.